The van der Waals surface area contributed by atoms with E-state index in [1.807, 2.05) is 6.21 Å². The Bertz CT molecular complexity index is 114. The molecule has 1 aliphatic rings. The molecule has 1 heterocycles. The number of allylic oxidation sites excluding steroid dienone is 1. The molecule has 0 fully saturated rings. The van der Waals surface area contributed by atoms with Gasteiger partial charge in [0.2, 0.25) is 0 Å². The minimum atomic E-state index is 0.696. The number of hydrogen-bond donors (Lipinski definition) is 0. The fourth-order valence-electron chi connectivity index (χ4n) is 0.748. The Morgan fingerprint density at radius 1 is 1.62 bits per heavy atom. The normalized spacial score (nSPS) is 27.9. The Balaban J connectivity index is 2.48. The zero-order valence-corrected chi connectivity index (χ0v) is 5.17. The zero-order valence-electron chi connectivity index (χ0n) is 5.17. The van der Waals surface area contributed by atoms with Crippen LogP contribution < -0.4 is 0 Å². The molecule has 1 heteroatoms. The molecule has 0 aliphatic carbocycles. The molecule has 0 radical (unpaired) electrons. The number of rotatable bonds is 0. The Labute approximate surface area is 50.1 Å². The predicted octanol–water partition coefficient (Wildman–Crippen LogP) is 1.65. The van der Waals surface area contributed by atoms with Crippen LogP contribution in [0.2, 0.25) is 0 Å². The van der Waals surface area contributed by atoms with Gasteiger partial charge in [0, 0.05) is 0 Å². The summed E-state index contributed by atoms with van der Waals surface area (Å²) in [5.41, 5.74) is 0. The van der Waals surface area contributed by atoms with Gasteiger partial charge in [0.05, 0.1) is 6.54 Å². The first-order valence-corrected chi connectivity index (χ1v) is 3.04. The van der Waals surface area contributed by atoms with E-state index >= 15 is 0 Å². The van der Waals surface area contributed by atoms with Crippen molar-refractivity contribution in [2.24, 2.45) is 10.9 Å². The summed E-state index contributed by atoms with van der Waals surface area (Å²) < 4.78 is 0. The molecule has 8 heavy (non-hydrogen) atoms. The van der Waals surface area contributed by atoms with Crippen LogP contribution in [0.25, 0.3) is 0 Å². The van der Waals surface area contributed by atoms with E-state index in [2.05, 4.69) is 24.1 Å². The molecule has 1 atom stereocenters. The van der Waals surface area contributed by atoms with Gasteiger partial charge >= 0.3 is 0 Å². The summed E-state index contributed by atoms with van der Waals surface area (Å²) in [6, 6.07) is 0. The molecule has 0 amide bonds. The maximum absolute atomic E-state index is 4.11. The van der Waals surface area contributed by atoms with E-state index in [-0.39, 0.29) is 0 Å². The lowest BCUT2D eigenvalue weighted by atomic mass is 10.1. The Kier molecular flexibility index (Phi) is 1.84. The molecule has 0 bridgehead atoms. The van der Waals surface area contributed by atoms with Gasteiger partial charge in [-0.15, -0.1) is 0 Å². The molecule has 44 valence electrons. The summed E-state index contributed by atoms with van der Waals surface area (Å²) in [6.45, 7) is 3.08. The quantitative estimate of drug-likeness (QED) is 0.419. The van der Waals surface area contributed by atoms with Crippen LogP contribution in [-0.2, 0) is 0 Å². The van der Waals surface area contributed by atoms with Crippen molar-refractivity contribution in [3.05, 3.63) is 12.2 Å². The minimum absolute atomic E-state index is 0.696. The van der Waals surface area contributed by atoms with Gasteiger partial charge in [0.15, 0.2) is 0 Å². The van der Waals surface area contributed by atoms with Gasteiger partial charge in [-0.05, 0) is 18.6 Å². The Morgan fingerprint density at radius 2 is 2.50 bits per heavy atom. The van der Waals surface area contributed by atoms with E-state index in [9.17, 15) is 0 Å². The lowest BCUT2D eigenvalue weighted by Crippen LogP contribution is -1.86. The van der Waals surface area contributed by atoms with Gasteiger partial charge in [-0.3, -0.25) is 4.99 Å². The van der Waals surface area contributed by atoms with Crippen molar-refractivity contribution in [1.82, 2.24) is 0 Å². The van der Waals surface area contributed by atoms with Gasteiger partial charge in [-0.1, -0.05) is 19.1 Å². The summed E-state index contributed by atoms with van der Waals surface area (Å²) in [4.78, 5) is 4.11. The average molecular weight is 109 g/mol. The van der Waals surface area contributed by atoms with Gasteiger partial charge in [0.25, 0.3) is 0 Å². The third-order valence-corrected chi connectivity index (χ3v) is 1.28. The van der Waals surface area contributed by atoms with E-state index in [4.69, 9.17) is 0 Å². The summed E-state index contributed by atoms with van der Waals surface area (Å²) >= 11 is 0. The van der Waals surface area contributed by atoms with Crippen molar-refractivity contribution in [3.8, 4) is 0 Å². The second-order valence-electron chi connectivity index (χ2n) is 2.19. The minimum Gasteiger partial charge on any atom is -0.293 e. The lowest BCUT2D eigenvalue weighted by Gasteiger charge is -1.94. The topological polar surface area (TPSA) is 12.4 Å². The molecule has 1 nitrogen and oxygen atoms in total. The molecular formula is C7H11N. The van der Waals surface area contributed by atoms with Gasteiger partial charge < -0.3 is 0 Å². The largest absolute Gasteiger partial charge is 0.293 e. The van der Waals surface area contributed by atoms with E-state index < -0.39 is 0 Å². The second kappa shape index (κ2) is 2.65. The summed E-state index contributed by atoms with van der Waals surface area (Å²) in [7, 11) is 0. The summed E-state index contributed by atoms with van der Waals surface area (Å²) in [5, 5.41) is 0. The van der Waals surface area contributed by atoms with E-state index in [0.717, 1.165) is 13.0 Å². The fourth-order valence-corrected chi connectivity index (χ4v) is 0.748. The van der Waals surface area contributed by atoms with Crippen molar-refractivity contribution >= 4 is 6.21 Å². The Morgan fingerprint density at radius 3 is 3.38 bits per heavy atom. The second-order valence-corrected chi connectivity index (χ2v) is 2.19. The first kappa shape index (κ1) is 5.54. The predicted molar refractivity (Wildman–Crippen MR) is 36.3 cm³/mol. The maximum atomic E-state index is 4.11. The van der Waals surface area contributed by atoms with Crippen LogP contribution in [0.4, 0.5) is 0 Å². The summed E-state index contributed by atoms with van der Waals surface area (Å²) in [5.74, 6) is 0.696. The van der Waals surface area contributed by atoms with Crippen LogP contribution in [0.15, 0.2) is 17.1 Å². The van der Waals surface area contributed by atoms with Crippen molar-refractivity contribution in [3.63, 3.8) is 0 Å². The SMILES string of the molecule is CC1C=CCN=CC1. The van der Waals surface area contributed by atoms with Crippen molar-refractivity contribution in [1.29, 1.82) is 0 Å². The maximum Gasteiger partial charge on any atom is 0.0566 e. The molecule has 1 rings (SSSR count). The van der Waals surface area contributed by atoms with Crippen LogP contribution in [-0.4, -0.2) is 12.8 Å². The highest BCUT2D eigenvalue weighted by atomic mass is 14.7. The molecule has 1 aliphatic heterocycles. The Hall–Kier alpha value is -0.590. The molecule has 1 unspecified atom stereocenters. The molecule has 0 aromatic carbocycles. The third-order valence-electron chi connectivity index (χ3n) is 1.28. The highest BCUT2D eigenvalue weighted by Crippen LogP contribution is 2.03. The van der Waals surface area contributed by atoms with Crippen molar-refractivity contribution < 1.29 is 0 Å². The monoisotopic (exact) mass is 109 g/mol. The third kappa shape index (κ3) is 1.49. The molecule has 0 N–H and O–H groups in total. The number of aliphatic imine (C=N–C) groups is 1. The van der Waals surface area contributed by atoms with Gasteiger partial charge in [-0.25, -0.2) is 0 Å². The smallest absolute Gasteiger partial charge is 0.0566 e. The number of nitrogens with zero attached hydrogens (tertiary/aromatic N) is 1. The molecule has 0 saturated carbocycles. The van der Waals surface area contributed by atoms with Crippen LogP contribution in [0.1, 0.15) is 13.3 Å². The van der Waals surface area contributed by atoms with Crippen LogP contribution in [0, 0.1) is 5.92 Å². The van der Waals surface area contributed by atoms with Crippen molar-refractivity contribution in [2.45, 2.75) is 13.3 Å². The average Bonchev–Trinajstić information content (AvgIpc) is 1.94. The standard InChI is InChI=1S/C7H11N/c1-7-3-2-5-8-6-4-7/h2-3,6-7H,4-5H2,1H3. The van der Waals surface area contributed by atoms with Gasteiger partial charge in [0.1, 0.15) is 0 Å². The summed E-state index contributed by atoms with van der Waals surface area (Å²) in [6.07, 6.45) is 7.45. The molecular weight excluding hydrogens is 98.1 g/mol. The highest BCUT2D eigenvalue weighted by Gasteiger charge is 1.94. The molecule has 0 saturated heterocycles. The zero-order chi connectivity index (χ0) is 5.82. The molecule has 0 spiro atoms. The fraction of sp³-hybridized carbons (Fsp3) is 0.571. The van der Waals surface area contributed by atoms with E-state index in [1.54, 1.807) is 0 Å². The van der Waals surface area contributed by atoms with Crippen molar-refractivity contribution in [2.75, 3.05) is 6.54 Å². The van der Waals surface area contributed by atoms with Gasteiger partial charge in [-0.2, -0.15) is 0 Å². The van der Waals surface area contributed by atoms with Crippen LogP contribution in [0.5, 0.6) is 0 Å². The van der Waals surface area contributed by atoms with E-state index in [1.165, 1.54) is 0 Å². The first-order valence-electron chi connectivity index (χ1n) is 3.04. The lowest BCUT2D eigenvalue weighted by molar-refractivity contribution is 0.780. The molecule has 0 aromatic rings. The molecule has 0 aromatic heterocycles. The van der Waals surface area contributed by atoms with Crippen LogP contribution >= 0.6 is 0 Å². The number of hydrogen-bond acceptors (Lipinski definition) is 1. The van der Waals surface area contributed by atoms with Crippen LogP contribution in [0.3, 0.4) is 0 Å². The first-order chi connectivity index (χ1) is 3.89. The van der Waals surface area contributed by atoms with E-state index in [0.29, 0.717) is 5.92 Å². The highest BCUT2D eigenvalue weighted by molar-refractivity contribution is 5.58.